The predicted octanol–water partition coefficient (Wildman–Crippen LogP) is 1.81. The van der Waals surface area contributed by atoms with Gasteiger partial charge in [-0.05, 0) is 0 Å². The van der Waals surface area contributed by atoms with Crippen molar-refractivity contribution in [3.05, 3.63) is 18.1 Å². The topological polar surface area (TPSA) is 66.7 Å². The minimum absolute atomic E-state index is 0.131. The van der Waals surface area contributed by atoms with Crippen LogP contribution in [0.1, 0.15) is 26.5 Å². The van der Waals surface area contributed by atoms with Gasteiger partial charge in [0.2, 0.25) is 0 Å². The Morgan fingerprint density at radius 1 is 1.36 bits per heavy atom. The third kappa shape index (κ3) is 2.51. The summed E-state index contributed by atoms with van der Waals surface area (Å²) in [5.74, 6) is 0. The van der Waals surface area contributed by atoms with Gasteiger partial charge in [-0.2, -0.15) is 0 Å². The Kier molecular flexibility index (Phi) is 2.63. The molecular weight excluding hydrogens is 198 g/mol. The molecule has 0 saturated heterocycles. The molecule has 0 radical (unpaired) electrons. The van der Waals surface area contributed by atoms with E-state index in [0.717, 1.165) is 5.69 Å². The minimum atomic E-state index is -2.76. The van der Waals surface area contributed by atoms with Gasteiger partial charge in [-0.1, -0.05) is 20.8 Å². The van der Waals surface area contributed by atoms with Gasteiger partial charge in [-0.25, -0.2) is 14.0 Å². The molecule has 1 rings (SSSR count). The maximum Gasteiger partial charge on any atom is 0.153 e. The maximum absolute atomic E-state index is 11.4. The van der Waals surface area contributed by atoms with Crippen LogP contribution in [0.15, 0.2) is 17.4 Å². The maximum atomic E-state index is 11.4. The average molecular weight is 213 g/mol. The van der Waals surface area contributed by atoms with Crippen molar-refractivity contribution in [3.63, 3.8) is 0 Å². The van der Waals surface area contributed by atoms with Gasteiger partial charge in [0.05, 0.1) is 21.6 Å². The number of rotatable bonds is 1. The van der Waals surface area contributed by atoms with Crippen molar-refractivity contribution in [2.75, 3.05) is 6.26 Å². The van der Waals surface area contributed by atoms with Crippen molar-refractivity contribution >= 4 is 9.73 Å². The minimum Gasteiger partial charge on any atom is -0.260 e. The molecular formula is C9H15N3OS. The Labute approximate surface area is 84.8 Å². The van der Waals surface area contributed by atoms with Crippen LogP contribution in [0.25, 0.3) is 0 Å². The molecule has 0 fully saturated rings. The summed E-state index contributed by atoms with van der Waals surface area (Å²) in [7, 11) is -2.76. The Balaban J connectivity index is 3.29. The molecule has 0 aliphatic carbocycles. The fourth-order valence-electron chi connectivity index (χ4n) is 0.897. The molecule has 1 aromatic rings. The summed E-state index contributed by atoms with van der Waals surface area (Å²) in [6.07, 6.45) is 4.39. The molecule has 1 heterocycles. The fraction of sp³-hybridized carbons (Fsp3) is 0.556. The first-order valence-electron chi connectivity index (χ1n) is 4.27. The summed E-state index contributed by atoms with van der Waals surface area (Å²) in [6, 6.07) is 0. The van der Waals surface area contributed by atoms with Gasteiger partial charge in [0.25, 0.3) is 0 Å². The molecule has 0 aliphatic heterocycles. The lowest BCUT2D eigenvalue weighted by molar-refractivity contribution is 0.557. The molecule has 1 N–H and O–H groups in total. The largest absolute Gasteiger partial charge is 0.260 e. The van der Waals surface area contributed by atoms with E-state index in [2.05, 4.69) is 9.97 Å². The first-order valence-corrected chi connectivity index (χ1v) is 6.24. The third-order valence-corrected chi connectivity index (χ3v) is 2.77. The molecule has 0 saturated carbocycles. The van der Waals surface area contributed by atoms with Gasteiger partial charge >= 0.3 is 0 Å². The summed E-state index contributed by atoms with van der Waals surface area (Å²) in [5.41, 5.74) is 0.630. The van der Waals surface area contributed by atoms with Crippen LogP contribution in [0.4, 0.5) is 0 Å². The SMILES string of the molecule is CC(C)(C)c1cncc([S@@](C)(=N)=O)n1. The molecule has 14 heavy (non-hydrogen) atoms. The molecule has 4 nitrogen and oxygen atoms in total. The molecule has 0 unspecified atom stereocenters. The highest BCUT2D eigenvalue weighted by Crippen LogP contribution is 2.19. The van der Waals surface area contributed by atoms with Crippen molar-refractivity contribution in [2.24, 2.45) is 0 Å². The number of hydrogen-bond acceptors (Lipinski definition) is 4. The smallest absolute Gasteiger partial charge is 0.153 e. The van der Waals surface area contributed by atoms with Crippen LogP contribution in [0.5, 0.6) is 0 Å². The molecule has 0 amide bonds. The van der Waals surface area contributed by atoms with E-state index in [9.17, 15) is 4.21 Å². The van der Waals surface area contributed by atoms with E-state index in [-0.39, 0.29) is 10.4 Å². The van der Waals surface area contributed by atoms with Gasteiger partial charge in [0, 0.05) is 17.9 Å². The molecule has 1 aromatic heterocycles. The van der Waals surface area contributed by atoms with E-state index in [0.29, 0.717) is 0 Å². The van der Waals surface area contributed by atoms with E-state index in [1.165, 1.54) is 12.5 Å². The molecule has 0 aromatic carbocycles. The first kappa shape index (κ1) is 11.1. The van der Waals surface area contributed by atoms with Crippen LogP contribution in [-0.4, -0.2) is 20.4 Å². The van der Waals surface area contributed by atoms with Gasteiger partial charge in [-0.3, -0.25) is 4.98 Å². The summed E-state index contributed by atoms with van der Waals surface area (Å²) < 4.78 is 18.8. The highest BCUT2D eigenvalue weighted by Gasteiger charge is 2.17. The zero-order valence-electron chi connectivity index (χ0n) is 8.87. The van der Waals surface area contributed by atoms with Crippen molar-refractivity contribution in [1.82, 2.24) is 9.97 Å². The normalized spacial score (nSPS) is 16.3. The second-order valence-corrected chi connectivity index (χ2v) is 6.44. The Hall–Kier alpha value is -0.970. The number of hydrogen-bond donors (Lipinski definition) is 1. The Bertz CT molecular complexity index is 432. The summed E-state index contributed by atoms with van der Waals surface area (Å²) >= 11 is 0. The van der Waals surface area contributed by atoms with Crippen LogP contribution < -0.4 is 0 Å². The second-order valence-electron chi connectivity index (χ2n) is 4.34. The van der Waals surface area contributed by atoms with Crippen molar-refractivity contribution < 1.29 is 4.21 Å². The van der Waals surface area contributed by atoms with Gasteiger partial charge < -0.3 is 0 Å². The first-order chi connectivity index (χ1) is 6.21. The summed E-state index contributed by atoms with van der Waals surface area (Å²) in [5, 5.41) is 0.255. The molecule has 1 atom stereocenters. The van der Waals surface area contributed by atoms with E-state index in [1.54, 1.807) is 6.20 Å². The lowest BCUT2D eigenvalue weighted by Gasteiger charge is -2.17. The predicted molar refractivity (Wildman–Crippen MR) is 55.8 cm³/mol. The van der Waals surface area contributed by atoms with Crippen molar-refractivity contribution in [2.45, 2.75) is 31.2 Å². The van der Waals surface area contributed by atoms with Gasteiger partial charge in [0.1, 0.15) is 0 Å². The van der Waals surface area contributed by atoms with Gasteiger partial charge in [-0.15, -0.1) is 0 Å². The number of nitrogens with zero attached hydrogens (tertiary/aromatic N) is 2. The summed E-state index contributed by atoms with van der Waals surface area (Å²) in [6.45, 7) is 6.01. The molecule has 0 spiro atoms. The quantitative estimate of drug-likeness (QED) is 0.773. The lowest BCUT2D eigenvalue weighted by atomic mass is 9.93. The van der Waals surface area contributed by atoms with E-state index >= 15 is 0 Å². The standard InChI is InChI=1S/C9H15N3OS/c1-9(2,3)7-5-11-6-8(12-7)14(4,10)13/h5-6,10H,1-4H3/t14-/m0/s1. The third-order valence-electron chi connectivity index (χ3n) is 1.78. The highest BCUT2D eigenvalue weighted by molar-refractivity contribution is 7.91. The van der Waals surface area contributed by atoms with Crippen LogP contribution in [0.2, 0.25) is 0 Å². The highest BCUT2D eigenvalue weighted by atomic mass is 32.2. The fourth-order valence-corrected chi connectivity index (χ4v) is 1.43. The Morgan fingerprint density at radius 2 is 1.93 bits per heavy atom. The lowest BCUT2D eigenvalue weighted by Crippen LogP contribution is -2.15. The summed E-state index contributed by atoms with van der Waals surface area (Å²) in [4.78, 5) is 8.15. The van der Waals surface area contributed by atoms with E-state index < -0.39 is 9.73 Å². The van der Waals surface area contributed by atoms with Crippen molar-refractivity contribution in [3.8, 4) is 0 Å². The van der Waals surface area contributed by atoms with Crippen LogP contribution in [0.3, 0.4) is 0 Å². The van der Waals surface area contributed by atoms with Crippen LogP contribution >= 0.6 is 0 Å². The molecule has 5 heteroatoms. The molecule has 0 aliphatic rings. The second kappa shape index (κ2) is 3.31. The molecule has 78 valence electrons. The zero-order valence-corrected chi connectivity index (χ0v) is 9.68. The van der Waals surface area contributed by atoms with Crippen LogP contribution in [-0.2, 0) is 15.1 Å². The number of nitrogens with one attached hydrogen (secondary N) is 1. The van der Waals surface area contributed by atoms with E-state index in [4.69, 9.17) is 4.78 Å². The van der Waals surface area contributed by atoms with Gasteiger partial charge in [0.15, 0.2) is 5.03 Å². The average Bonchev–Trinajstić information content (AvgIpc) is 2.01. The van der Waals surface area contributed by atoms with E-state index in [1.807, 2.05) is 20.8 Å². The van der Waals surface area contributed by atoms with Crippen LogP contribution in [0, 0.1) is 4.78 Å². The van der Waals surface area contributed by atoms with Crippen molar-refractivity contribution in [1.29, 1.82) is 4.78 Å². The Morgan fingerprint density at radius 3 is 2.36 bits per heavy atom. The monoisotopic (exact) mass is 213 g/mol. The zero-order chi connectivity index (χ0) is 11.0. The number of aromatic nitrogens is 2. The molecule has 0 bridgehead atoms.